The lowest BCUT2D eigenvalue weighted by atomic mass is 10.2. The van der Waals surface area contributed by atoms with Crippen molar-refractivity contribution in [1.29, 1.82) is 0 Å². The van der Waals surface area contributed by atoms with Crippen LogP contribution >= 0.6 is 11.3 Å². The maximum atomic E-state index is 12.1. The van der Waals surface area contributed by atoms with E-state index in [1.54, 1.807) is 4.57 Å². The van der Waals surface area contributed by atoms with Crippen molar-refractivity contribution >= 4 is 22.9 Å². The quantitative estimate of drug-likeness (QED) is 0.798. The number of aryl methyl sites for hydroxylation is 1. The van der Waals surface area contributed by atoms with Gasteiger partial charge in [0.1, 0.15) is 0 Å². The largest absolute Gasteiger partial charge is 0.326 e. The Bertz CT molecular complexity index is 732. The monoisotopic (exact) mass is 347 g/mol. The van der Waals surface area contributed by atoms with Gasteiger partial charge in [0, 0.05) is 36.3 Å². The molecule has 1 aromatic heterocycles. The molecule has 0 saturated carbocycles. The Balaban J connectivity index is 1.93. The molecule has 6 heteroatoms. The summed E-state index contributed by atoms with van der Waals surface area (Å²) in [6.45, 7) is 9.46. The third-order valence-electron chi connectivity index (χ3n) is 4.05. The number of carbonyl (C=O) groups is 1. The van der Waals surface area contributed by atoms with Gasteiger partial charge in [-0.15, -0.1) is 0 Å². The number of aromatic nitrogens is 1. The van der Waals surface area contributed by atoms with Gasteiger partial charge >= 0.3 is 4.87 Å². The van der Waals surface area contributed by atoms with Crippen molar-refractivity contribution in [3.8, 4) is 0 Å². The minimum absolute atomic E-state index is 0.0125. The molecule has 0 aliphatic rings. The first-order valence-electron chi connectivity index (χ1n) is 8.29. The van der Waals surface area contributed by atoms with Crippen molar-refractivity contribution in [3.05, 3.63) is 50.6 Å². The predicted octanol–water partition coefficient (Wildman–Crippen LogP) is 3.09. The first-order valence-corrected chi connectivity index (χ1v) is 9.17. The van der Waals surface area contributed by atoms with Gasteiger partial charge in [-0.1, -0.05) is 37.3 Å². The van der Waals surface area contributed by atoms with E-state index in [1.165, 1.54) is 16.9 Å². The number of hydrogen-bond acceptors (Lipinski definition) is 4. The normalized spacial score (nSPS) is 11.0. The average Bonchev–Trinajstić information content (AvgIpc) is 2.89. The Morgan fingerprint density at radius 3 is 2.67 bits per heavy atom. The van der Waals surface area contributed by atoms with E-state index in [0.717, 1.165) is 31.0 Å². The Hall–Kier alpha value is -1.92. The summed E-state index contributed by atoms with van der Waals surface area (Å²) < 4.78 is 1.64. The van der Waals surface area contributed by atoms with Crippen molar-refractivity contribution in [2.45, 2.75) is 40.3 Å². The Labute approximate surface area is 146 Å². The smallest absolute Gasteiger partial charge is 0.307 e. The number of amides is 1. The van der Waals surface area contributed by atoms with Crippen LogP contribution in [0.5, 0.6) is 0 Å². The van der Waals surface area contributed by atoms with Crippen LogP contribution in [-0.2, 0) is 17.9 Å². The lowest BCUT2D eigenvalue weighted by molar-refractivity contribution is -0.116. The second kappa shape index (κ2) is 8.80. The van der Waals surface area contributed by atoms with E-state index in [-0.39, 0.29) is 17.2 Å². The third kappa shape index (κ3) is 5.04. The molecule has 5 nitrogen and oxygen atoms in total. The van der Waals surface area contributed by atoms with Crippen molar-refractivity contribution in [2.24, 2.45) is 0 Å². The lowest BCUT2D eigenvalue weighted by Gasteiger charge is -2.18. The van der Waals surface area contributed by atoms with E-state index < -0.39 is 0 Å². The molecule has 130 valence electrons. The maximum absolute atomic E-state index is 12.1. The van der Waals surface area contributed by atoms with Gasteiger partial charge in [-0.05, 0) is 37.7 Å². The number of hydrogen-bond donors (Lipinski definition) is 1. The van der Waals surface area contributed by atoms with Crippen molar-refractivity contribution in [1.82, 2.24) is 9.47 Å². The van der Waals surface area contributed by atoms with Crippen molar-refractivity contribution in [2.75, 3.05) is 18.4 Å². The summed E-state index contributed by atoms with van der Waals surface area (Å²) in [5.74, 6) is -0.0764. The minimum atomic E-state index is -0.0764. The summed E-state index contributed by atoms with van der Waals surface area (Å²) >= 11 is 1.17. The van der Waals surface area contributed by atoms with E-state index in [4.69, 9.17) is 0 Å². The highest BCUT2D eigenvalue weighted by atomic mass is 32.1. The molecule has 0 aliphatic carbocycles. The number of nitrogens with one attached hydrogen (secondary N) is 1. The Morgan fingerprint density at radius 1 is 1.29 bits per heavy atom. The highest BCUT2D eigenvalue weighted by Crippen LogP contribution is 2.13. The van der Waals surface area contributed by atoms with E-state index >= 15 is 0 Å². The zero-order valence-electron chi connectivity index (χ0n) is 14.5. The van der Waals surface area contributed by atoms with Gasteiger partial charge in [0.05, 0.1) is 0 Å². The molecule has 0 spiro atoms. The number of thiazole rings is 1. The van der Waals surface area contributed by atoms with Crippen LogP contribution in [0.4, 0.5) is 5.69 Å². The molecule has 1 amide bonds. The fourth-order valence-electron chi connectivity index (χ4n) is 2.56. The standard InChI is InChI=1S/C18H25N3O2S/c1-4-20(5-2)12-15-7-6-8-16(11-15)19-17(22)9-10-21-14(3)13-24-18(21)23/h6-8,11,13H,4-5,9-10,12H2,1-3H3,(H,19,22). The first kappa shape index (κ1) is 18.4. The summed E-state index contributed by atoms with van der Waals surface area (Å²) in [5, 5.41) is 4.74. The van der Waals surface area contributed by atoms with E-state index in [9.17, 15) is 9.59 Å². The zero-order chi connectivity index (χ0) is 17.5. The fraction of sp³-hybridized carbons (Fsp3) is 0.444. The molecule has 0 aliphatic heterocycles. The number of benzene rings is 1. The molecule has 2 rings (SSSR count). The fourth-order valence-corrected chi connectivity index (χ4v) is 3.33. The summed E-state index contributed by atoms with van der Waals surface area (Å²) in [5.41, 5.74) is 2.89. The molecule has 1 heterocycles. The molecule has 1 aromatic carbocycles. The highest BCUT2D eigenvalue weighted by Gasteiger charge is 2.08. The third-order valence-corrected chi connectivity index (χ3v) is 4.93. The van der Waals surface area contributed by atoms with Gasteiger partial charge in [-0.25, -0.2) is 0 Å². The number of nitrogens with zero attached hydrogens (tertiary/aromatic N) is 2. The summed E-state index contributed by atoms with van der Waals surface area (Å²) in [6.07, 6.45) is 0.289. The molecule has 0 fully saturated rings. The SMILES string of the molecule is CCN(CC)Cc1cccc(NC(=O)CCn2c(C)csc2=O)c1. The summed E-state index contributed by atoms with van der Waals surface area (Å²) in [4.78, 5) is 26.1. The molecule has 24 heavy (non-hydrogen) atoms. The molecule has 0 atom stereocenters. The Morgan fingerprint density at radius 2 is 2.04 bits per heavy atom. The second-order valence-electron chi connectivity index (χ2n) is 5.75. The van der Waals surface area contributed by atoms with Gasteiger partial charge < -0.3 is 9.88 Å². The van der Waals surface area contributed by atoms with Crippen molar-refractivity contribution < 1.29 is 4.79 Å². The van der Waals surface area contributed by atoms with Crippen molar-refractivity contribution in [3.63, 3.8) is 0 Å². The van der Waals surface area contributed by atoms with E-state index in [0.29, 0.717) is 6.54 Å². The molecule has 0 unspecified atom stereocenters. The van der Waals surface area contributed by atoms with Crippen LogP contribution in [0, 0.1) is 6.92 Å². The van der Waals surface area contributed by atoms with E-state index in [1.807, 2.05) is 30.5 Å². The molecule has 0 radical (unpaired) electrons. The van der Waals surface area contributed by atoms with Gasteiger partial charge in [-0.2, -0.15) is 0 Å². The topological polar surface area (TPSA) is 54.3 Å². The van der Waals surface area contributed by atoms with Gasteiger partial charge in [-0.3, -0.25) is 14.5 Å². The highest BCUT2D eigenvalue weighted by molar-refractivity contribution is 7.07. The summed E-state index contributed by atoms with van der Waals surface area (Å²) in [7, 11) is 0. The number of anilines is 1. The van der Waals surface area contributed by atoms with Crippen LogP contribution < -0.4 is 10.2 Å². The number of carbonyl (C=O) groups excluding carboxylic acids is 1. The summed E-state index contributed by atoms with van der Waals surface area (Å²) in [6, 6.07) is 7.94. The van der Waals surface area contributed by atoms with Gasteiger partial charge in [0.15, 0.2) is 0 Å². The van der Waals surface area contributed by atoms with Crippen LogP contribution in [0.3, 0.4) is 0 Å². The van der Waals surface area contributed by atoms with Crippen LogP contribution in [0.25, 0.3) is 0 Å². The molecule has 0 bridgehead atoms. The van der Waals surface area contributed by atoms with Crippen LogP contribution in [0.15, 0.2) is 34.4 Å². The Kier molecular flexibility index (Phi) is 6.75. The van der Waals surface area contributed by atoms with Crippen LogP contribution in [0.1, 0.15) is 31.5 Å². The van der Waals surface area contributed by atoms with Crippen LogP contribution in [-0.4, -0.2) is 28.5 Å². The molecule has 1 N–H and O–H groups in total. The molecule has 0 saturated heterocycles. The first-order chi connectivity index (χ1) is 11.5. The lowest BCUT2D eigenvalue weighted by Crippen LogP contribution is -2.22. The maximum Gasteiger partial charge on any atom is 0.307 e. The number of rotatable bonds is 8. The molecular formula is C18H25N3O2S. The van der Waals surface area contributed by atoms with Gasteiger partial charge in [0.2, 0.25) is 5.91 Å². The molecular weight excluding hydrogens is 322 g/mol. The predicted molar refractivity (Wildman–Crippen MR) is 99.6 cm³/mol. The minimum Gasteiger partial charge on any atom is -0.326 e. The second-order valence-corrected chi connectivity index (χ2v) is 6.58. The molecule has 2 aromatic rings. The van der Waals surface area contributed by atoms with Gasteiger partial charge in [0.25, 0.3) is 0 Å². The zero-order valence-corrected chi connectivity index (χ0v) is 15.4. The van der Waals surface area contributed by atoms with E-state index in [2.05, 4.69) is 30.1 Å². The average molecular weight is 347 g/mol. The van der Waals surface area contributed by atoms with Crippen LogP contribution in [0.2, 0.25) is 0 Å².